The van der Waals surface area contributed by atoms with Crippen LogP contribution in [0, 0.1) is 0 Å². The number of thioether (sulfide) groups is 1. The number of aliphatic hydroxyl groups excluding tert-OH is 2. The zero-order valence-electron chi connectivity index (χ0n) is 42.6. The molecule has 18 nitrogen and oxygen atoms in total. The second-order valence-electron chi connectivity index (χ2n) is 18.2. The van der Waals surface area contributed by atoms with Gasteiger partial charge < -0.3 is 47.1 Å². The first-order chi connectivity index (χ1) is 33.4. The highest BCUT2D eigenvalue weighted by atomic mass is 32.2. The number of nitrogens with one attached hydrogen (secondary N) is 5. The second kappa shape index (κ2) is 46.8. The van der Waals surface area contributed by atoms with Crippen LogP contribution >= 0.6 is 11.8 Å². The molecule has 0 radical (unpaired) electrons. The highest BCUT2D eigenvalue weighted by Gasteiger charge is 2.26. The van der Waals surface area contributed by atoms with E-state index in [1.165, 1.54) is 127 Å². The van der Waals surface area contributed by atoms with Crippen LogP contribution in [0.2, 0.25) is 0 Å². The molecule has 0 bridgehead atoms. The molecular weight excluding hydrogens is 907 g/mol. The fraction of sp³-hybridized carbons (Fsp3) is 0.860. The highest BCUT2D eigenvalue weighted by molar-refractivity contribution is 7.99. The third-order valence-corrected chi connectivity index (χ3v) is 12.9. The lowest BCUT2D eigenvalue weighted by atomic mass is 10.0. The van der Waals surface area contributed by atoms with E-state index in [9.17, 15) is 43.8 Å². The van der Waals surface area contributed by atoms with Crippen LogP contribution in [0.5, 0.6) is 0 Å². The molecule has 3 unspecified atom stereocenters. The van der Waals surface area contributed by atoms with E-state index in [-0.39, 0.29) is 68.8 Å². The van der Waals surface area contributed by atoms with Gasteiger partial charge in [0, 0.05) is 37.3 Å². The molecule has 4 atom stereocenters. The first-order valence-corrected chi connectivity index (χ1v) is 27.6. The lowest BCUT2D eigenvalue weighted by Gasteiger charge is -2.22. The maximum atomic E-state index is 12.9. The summed E-state index contributed by atoms with van der Waals surface area (Å²) in [4.78, 5) is 86.2. The molecule has 5 amide bonds. The Morgan fingerprint density at radius 3 is 1.46 bits per heavy atom. The van der Waals surface area contributed by atoms with E-state index in [2.05, 4.69) is 40.6 Å². The first-order valence-electron chi connectivity index (χ1n) is 26.5. The number of hydrogen-bond acceptors (Lipinski definition) is 14. The molecule has 0 fully saturated rings. The molecule has 0 aliphatic heterocycles. The molecule has 0 aromatic rings. The summed E-state index contributed by atoms with van der Waals surface area (Å²) in [6.07, 6.45) is 31.1. The molecule has 0 aliphatic carbocycles. The average molecular weight is 1000 g/mol. The van der Waals surface area contributed by atoms with Crippen molar-refractivity contribution in [2.75, 3.05) is 44.4 Å². The molecule has 69 heavy (non-hydrogen) atoms. The predicted octanol–water partition coefficient (Wildman–Crippen LogP) is 5.42. The number of hydrogen-bond donors (Lipinski definition) is 9. The Hall–Kier alpha value is -3.52. The number of primary amides is 1. The second-order valence-corrected chi connectivity index (χ2v) is 19.2. The predicted molar refractivity (Wildman–Crippen MR) is 272 cm³/mol. The molecule has 402 valence electrons. The largest absolute Gasteiger partial charge is 0.462 e. The van der Waals surface area contributed by atoms with Crippen molar-refractivity contribution in [3.63, 3.8) is 0 Å². The van der Waals surface area contributed by atoms with Crippen LogP contribution in [0.25, 0.3) is 0 Å². The minimum absolute atomic E-state index is 0.0107. The van der Waals surface area contributed by atoms with Crippen molar-refractivity contribution in [3.8, 4) is 0 Å². The fourth-order valence-electron chi connectivity index (χ4n) is 7.36. The molecule has 0 heterocycles. The summed E-state index contributed by atoms with van der Waals surface area (Å²) >= 11 is 1.23. The van der Waals surface area contributed by atoms with Gasteiger partial charge in [-0.05, 0) is 19.3 Å². The van der Waals surface area contributed by atoms with Crippen molar-refractivity contribution in [2.24, 2.45) is 11.5 Å². The number of aliphatic hydroxyl groups is 2. The van der Waals surface area contributed by atoms with Gasteiger partial charge in [0.25, 0.3) is 5.91 Å². The van der Waals surface area contributed by atoms with Crippen LogP contribution in [0.3, 0.4) is 0 Å². The van der Waals surface area contributed by atoms with Gasteiger partial charge in [0.2, 0.25) is 23.6 Å². The van der Waals surface area contributed by atoms with Gasteiger partial charge in [-0.25, -0.2) is 5.43 Å². The Balaban J connectivity index is 4.88. The van der Waals surface area contributed by atoms with Gasteiger partial charge in [0.05, 0.1) is 25.8 Å². The Kier molecular flexibility index (Phi) is 44.5. The molecule has 0 spiro atoms. The molecular formula is C50H95N7O11S. The maximum Gasteiger partial charge on any atom is 0.306 e. The van der Waals surface area contributed by atoms with Gasteiger partial charge in [-0.15, -0.1) is 0 Å². The van der Waals surface area contributed by atoms with Crippen LogP contribution in [0.15, 0.2) is 0 Å². The number of ether oxygens (including phenoxy) is 2. The number of nitrogens with two attached hydrogens (primary N) is 2. The molecule has 0 saturated carbocycles. The average Bonchev–Trinajstić information content (AvgIpc) is 3.33. The quantitative estimate of drug-likeness (QED) is 0.0209. The van der Waals surface area contributed by atoms with Gasteiger partial charge >= 0.3 is 11.9 Å². The third kappa shape index (κ3) is 40.9. The zero-order chi connectivity index (χ0) is 51.2. The van der Waals surface area contributed by atoms with E-state index in [1.54, 1.807) is 0 Å². The van der Waals surface area contributed by atoms with Crippen molar-refractivity contribution in [3.05, 3.63) is 0 Å². The third-order valence-electron chi connectivity index (χ3n) is 11.7. The lowest BCUT2D eigenvalue weighted by molar-refractivity contribution is -0.157. The van der Waals surface area contributed by atoms with Crippen molar-refractivity contribution in [2.45, 2.75) is 231 Å². The Bertz CT molecular complexity index is 1370. The number of rotatable bonds is 49. The summed E-state index contributed by atoms with van der Waals surface area (Å²) in [5.41, 5.74) is 15.8. The fourth-order valence-corrected chi connectivity index (χ4v) is 8.33. The monoisotopic (exact) mass is 1000 g/mol. The number of carbonyl (C=O) groups is 7. The summed E-state index contributed by atoms with van der Waals surface area (Å²) in [6.45, 7) is 2.49. The van der Waals surface area contributed by atoms with Crippen LogP contribution in [-0.2, 0) is 43.0 Å². The van der Waals surface area contributed by atoms with Crippen molar-refractivity contribution >= 4 is 53.2 Å². The zero-order valence-corrected chi connectivity index (χ0v) is 43.4. The summed E-state index contributed by atoms with van der Waals surface area (Å²) in [5, 5.41) is 26.6. The SMILES string of the molecule is CCCCCCCCCCCCCCCC(=O)OCC(CSCC(N)C(=O)NN[C@@H](CO)C(=O)NC(CO)C(=O)NCCCC(=O)NCC(N)=O)OC(=O)CCCCCCCCCCCCCCC. The first kappa shape index (κ1) is 65.5. The molecule has 0 rings (SSSR count). The number of esters is 2. The topological polar surface area (TPSA) is 291 Å². The van der Waals surface area contributed by atoms with E-state index < -0.39 is 67.0 Å². The van der Waals surface area contributed by atoms with E-state index in [4.69, 9.17) is 20.9 Å². The number of hydrazine groups is 1. The van der Waals surface area contributed by atoms with E-state index in [1.807, 2.05) is 0 Å². The van der Waals surface area contributed by atoms with Gasteiger partial charge in [-0.1, -0.05) is 168 Å². The van der Waals surface area contributed by atoms with Crippen LogP contribution < -0.4 is 38.3 Å². The lowest BCUT2D eigenvalue weighted by Crippen LogP contribution is -2.59. The van der Waals surface area contributed by atoms with E-state index in [0.717, 1.165) is 44.9 Å². The summed E-state index contributed by atoms with van der Waals surface area (Å²) in [5.74, 6) is -3.97. The Morgan fingerprint density at radius 2 is 1.00 bits per heavy atom. The Labute approximate surface area is 418 Å². The number of amides is 5. The molecule has 0 aliphatic rings. The van der Waals surface area contributed by atoms with E-state index >= 15 is 0 Å². The van der Waals surface area contributed by atoms with Gasteiger partial charge in [-0.3, -0.25) is 39.0 Å². The highest BCUT2D eigenvalue weighted by Crippen LogP contribution is 2.16. The normalized spacial score (nSPS) is 12.9. The summed E-state index contributed by atoms with van der Waals surface area (Å²) in [6, 6.07) is -3.92. The summed E-state index contributed by atoms with van der Waals surface area (Å²) < 4.78 is 11.3. The van der Waals surface area contributed by atoms with E-state index in [0.29, 0.717) is 6.42 Å². The molecule has 0 aromatic carbocycles. The minimum atomic E-state index is -1.42. The van der Waals surface area contributed by atoms with Crippen LogP contribution in [0.4, 0.5) is 0 Å². The van der Waals surface area contributed by atoms with Gasteiger partial charge in [0.1, 0.15) is 24.8 Å². The number of carbonyl (C=O) groups excluding carboxylic acids is 7. The van der Waals surface area contributed by atoms with Crippen molar-refractivity contribution in [1.29, 1.82) is 0 Å². The Morgan fingerprint density at radius 1 is 0.536 bits per heavy atom. The van der Waals surface area contributed by atoms with Gasteiger partial charge in [0.15, 0.2) is 0 Å². The molecule has 0 saturated heterocycles. The maximum absolute atomic E-state index is 12.9. The standard InChI is InChI=1S/C50H95N7O11S/c1-3-5-7-9-11-13-15-17-19-21-23-25-27-31-46(62)67-37-40(68-47(63)32-28-26-24-22-20-18-16-14-12-10-8-6-4-2)38-69-39-41(51)48(64)57-56-43(36-59)50(66)55-42(35-58)49(65)53-33-29-30-45(61)54-34-44(52)60/h40-43,56,58-59H,3-39,51H2,1-2H3,(H2,52,60)(H,53,65)(H,54,61)(H,55,66)(H,57,64)/t40?,41?,42?,43-/m0/s1. The number of unbranched alkanes of at least 4 members (excludes halogenated alkanes) is 24. The molecule has 0 aromatic heterocycles. The van der Waals surface area contributed by atoms with Gasteiger partial charge in [-0.2, -0.15) is 11.8 Å². The smallest absolute Gasteiger partial charge is 0.306 e. The summed E-state index contributed by atoms with van der Waals surface area (Å²) in [7, 11) is 0. The van der Waals surface area contributed by atoms with Crippen LogP contribution in [-0.4, -0.2) is 120 Å². The van der Waals surface area contributed by atoms with Crippen molar-refractivity contribution < 1.29 is 53.2 Å². The molecule has 11 N–H and O–H groups in total. The van der Waals surface area contributed by atoms with Crippen LogP contribution in [0.1, 0.15) is 206 Å². The minimum Gasteiger partial charge on any atom is -0.462 e. The van der Waals surface area contributed by atoms with Crippen molar-refractivity contribution in [1.82, 2.24) is 26.8 Å². The molecule has 19 heteroatoms.